The molecule has 0 N–H and O–H groups in total. The summed E-state index contributed by atoms with van der Waals surface area (Å²) in [5.74, 6) is 3.89. The van der Waals surface area contributed by atoms with Crippen LogP contribution in [0.4, 0.5) is 17.6 Å². The zero-order valence-electron chi connectivity index (χ0n) is 55.4. The molecule has 0 spiro atoms. The molecule has 3 atom stereocenters. The minimum Gasteiger partial charge on any atom is -0.378 e. The number of hydrogen-bond donors (Lipinski definition) is 0. The van der Waals surface area contributed by atoms with Crippen molar-refractivity contribution in [2.24, 2.45) is 29.6 Å². The first-order valence-corrected chi connectivity index (χ1v) is 30.4. The highest BCUT2D eigenvalue weighted by molar-refractivity contribution is 5.24. The van der Waals surface area contributed by atoms with E-state index in [1.807, 2.05) is 79.2 Å². The zero-order valence-corrected chi connectivity index (χ0v) is 55.4. The Hall–Kier alpha value is -5.62. The summed E-state index contributed by atoms with van der Waals surface area (Å²) in [5, 5.41) is 0. The molecule has 7 nitrogen and oxygen atoms in total. The van der Waals surface area contributed by atoms with Crippen LogP contribution in [-0.2, 0) is 14.2 Å². The first-order chi connectivity index (χ1) is 39.5. The Morgan fingerprint density at radius 3 is 1.21 bits per heavy atom. The number of nitrogens with zero attached hydrogens (tertiary/aromatic N) is 4. The molecular weight excluding hydrogens is 1060 g/mol. The zero-order chi connectivity index (χ0) is 63.3. The van der Waals surface area contributed by atoms with Gasteiger partial charge in [-0.25, -0.2) is 27.5 Å². The van der Waals surface area contributed by atoms with E-state index in [2.05, 4.69) is 119 Å². The Kier molecular flexibility index (Phi) is 39.2. The Morgan fingerprint density at radius 2 is 0.845 bits per heavy atom. The lowest BCUT2D eigenvalue weighted by atomic mass is 9.84. The molecule has 11 heteroatoms. The second kappa shape index (κ2) is 43.1. The highest BCUT2D eigenvalue weighted by Crippen LogP contribution is 2.27. The standard InChI is InChI=1S/C8H8F2.C8H9F.C8H16.C8H14.C8H10.C7H8FN.C7H9N.C7H14O.C6H8N2.C6H12O2.H2/c1-5-3-7(9)6(2)8(10)4-5;1-6-3-4-7(2)8(9)5-6;3*1-7-3-5-8(2)6-4-7;1-5-3-7(8)6(2)9-4-5;2*1-6-3-4-7(2)8-5-6;2*1-5-3-7-6(2)8-4-5;/h3-4H,1-2H3;3-5H,1-2H3;7-8H,3-6H2,1-2H3;3,8H,4-6H2,1-2H3;3-6H,1-2H3;3-4H,1-2H3;3-5H,1-2H3;6-7H,3-5H2,1-2H3;3-4H,1-2H3;5-6H,3-4H2,1-2H3;1H. The molecule has 3 aromatic carbocycles. The van der Waals surface area contributed by atoms with E-state index in [0.717, 1.165) is 71.7 Å². The highest BCUT2D eigenvalue weighted by Gasteiger charge is 2.15. The second-order valence-electron chi connectivity index (χ2n) is 24.1. The lowest BCUT2D eigenvalue weighted by Crippen LogP contribution is -2.27. The number of rotatable bonds is 0. The van der Waals surface area contributed by atoms with E-state index >= 15 is 0 Å². The van der Waals surface area contributed by atoms with Crippen molar-refractivity contribution in [3.8, 4) is 0 Å². The molecule has 2 saturated heterocycles. The van der Waals surface area contributed by atoms with Crippen LogP contribution in [0.25, 0.3) is 0 Å². The first-order valence-electron chi connectivity index (χ1n) is 30.4. The third kappa shape index (κ3) is 38.4. The van der Waals surface area contributed by atoms with Gasteiger partial charge in [0.2, 0.25) is 0 Å². The Morgan fingerprint density at radius 1 is 0.393 bits per heavy atom. The van der Waals surface area contributed by atoms with Gasteiger partial charge in [0.1, 0.15) is 29.1 Å². The van der Waals surface area contributed by atoms with Crippen molar-refractivity contribution >= 4 is 0 Å². The Balaban J connectivity index is 0.000000922. The van der Waals surface area contributed by atoms with Crippen LogP contribution < -0.4 is 0 Å². The molecule has 5 heterocycles. The maximum atomic E-state index is 12.6. The highest BCUT2D eigenvalue weighted by atomic mass is 19.1. The van der Waals surface area contributed by atoms with E-state index in [4.69, 9.17) is 14.2 Å². The molecule has 468 valence electrons. The number of ether oxygens (including phenoxy) is 3. The predicted octanol–water partition coefficient (Wildman–Crippen LogP) is 20.6. The van der Waals surface area contributed by atoms with Crippen LogP contribution in [0.3, 0.4) is 0 Å². The van der Waals surface area contributed by atoms with Gasteiger partial charge >= 0.3 is 0 Å². The molecule has 84 heavy (non-hydrogen) atoms. The molecule has 0 bridgehead atoms. The van der Waals surface area contributed by atoms with Crippen LogP contribution in [0.15, 0.2) is 109 Å². The number of aryl methyl sites for hydroxylation is 11. The SMILES string of the molecule is CC1=CCC(C)CC1.CC1CCC(C)CC1.CC1CCC(C)OC1.CC1COC(C)OC1.Cc1cc(F)c(C)c(F)c1.Cc1ccc(C)c(F)c1.Cc1ccc(C)cc1.Cc1ccc(C)nc1.Cc1cnc(C)c(F)c1.Cc1cnc(C)nc1.[HH]. The van der Waals surface area contributed by atoms with Crippen molar-refractivity contribution in [2.45, 2.75) is 209 Å². The second-order valence-corrected chi connectivity index (χ2v) is 24.1. The monoisotopic (exact) mass is 1170 g/mol. The molecular formula is C73H110F4N4O3. The van der Waals surface area contributed by atoms with Crippen LogP contribution in [0.5, 0.6) is 0 Å². The van der Waals surface area contributed by atoms with E-state index in [-0.39, 0.29) is 24.9 Å². The van der Waals surface area contributed by atoms with Gasteiger partial charge in [0.15, 0.2) is 6.29 Å². The van der Waals surface area contributed by atoms with Gasteiger partial charge in [-0.3, -0.25) is 9.97 Å². The molecule has 0 amide bonds. The Labute approximate surface area is 508 Å². The van der Waals surface area contributed by atoms with Crippen LogP contribution in [-0.4, -0.2) is 52.2 Å². The molecule has 3 fully saturated rings. The fraction of sp³-hybridized carbons (Fsp3) is 0.534. The van der Waals surface area contributed by atoms with E-state index in [1.165, 1.54) is 106 Å². The maximum absolute atomic E-state index is 12.6. The summed E-state index contributed by atoms with van der Waals surface area (Å²) in [6.45, 7) is 42.6. The third-order valence-electron chi connectivity index (χ3n) is 14.3. The average molecular weight is 1170 g/mol. The van der Waals surface area contributed by atoms with Gasteiger partial charge in [0, 0.05) is 50.0 Å². The predicted molar refractivity (Wildman–Crippen MR) is 347 cm³/mol. The quantitative estimate of drug-likeness (QED) is 0.111. The average Bonchev–Trinajstić information content (AvgIpc) is 3.52. The molecule has 3 unspecified atom stereocenters. The smallest absolute Gasteiger partial charge is 0.154 e. The van der Waals surface area contributed by atoms with Crippen molar-refractivity contribution in [2.75, 3.05) is 19.8 Å². The van der Waals surface area contributed by atoms with Crippen molar-refractivity contribution in [3.05, 3.63) is 200 Å². The number of benzene rings is 3. The minimum atomic E-state index is -0.475. The summed E-state index contributed by atoms with van der Waals surface area (Å²) < 4.78 is 66.0. The molecule has 2 aliphatic carbocycles. The molecule has 10 rings (SSSR count). The summed E-state index contributed by atoms with van der Waals surface area (Å²) in [6.07, 6.45) is 22.6. The topological polar surface area (TPSA) is 79.2 Å². The van der Waals surface area contributed by atoms with Gasteiger partial charge < -0.3 is 14.2 Å². The minimum absolute atomic E-state index is 0. The largest absolute Gasteiger partial charge is 0.378 e. The maximum Gasteiger partial charge on any atom is 0.154 e. The normalized spacial score (nSPS) is 20.1. The fourth-order valence-corrected chi connectivity index (χ4v) is 7.94. The molecule has 1 saturated carbocycles. The van der Waals surface area contributed by atoms with Gasteiger partial charge in [-0.15, -0.1) is 0 Å². The molecule has 4 aliphatic rings. The number of aromatic nitrogens is 4. The summed E-state index contributed by atoms with van der Waals surface area (Å²) >= 11 is 0. The number of pyridine rings is 2. The number of allylic oxidation sites excluding steroid dienone is 2. The molecule has 0 radical (unpaired) electrons. The third-order valence-corrected chi connectivity index (χ3v) is 14.3. The number of hydrogen-bond acceptors (Lipinski definition) is 7. The lowest BCUT2D eigenvalue weighted by molar-refractivity contribution is -0.187. The summed E-state index contributed by atoms with van der Waals surface area (Å²) in [4.78, 5) is 15.8. The summed E-state index contributed by atoms with van der Waals surface area (Å²) in [5.41, 5.74) is 11.3. The fourth-order valence-electron chi connectivity index (χ4n) is 7.94. The van der Waals surface area contributed by atoms with Crippen molar-refractivity contribution < 1.29 is 33.2 Å². The van der Waals surface area contributed by atoms with E-state index < -0.39 is 11.6 Å². The van der Waals surface area contributed by atoms with Crippen LogP contribution in [0, 0.1) is 136 Å². The Bertz CT molecular complexity index is 2380. The van der Waals surface area contributed by atoms with E-state index in [9.17, 15) is 17.6 Å². The first kappa shape index (κ1) is 76.4. The van der Waals surface area contributed by atoms with Crippen LogP contribution in [0.2, 0.25) is 0 Å². The molecule has 6 aromatic rings. The van der Waals surface area contributed by atoms with Crippen molar-refractivity contribution in [1.29, 1.82) is 0 Å². The van der Waals surface area contributed by atoms with Gasteiger partial charge in [-0.1, -0.05) is 126 Å². The van der Waals surface area contributed by atoms with Gasteiger partial charge in [0.05, 0.1) is 25.0 Å². The number of halogens is 4. The van der Waals surface area contributed by atoms with Gasteiger partial charge in [-0.05, 0) is 223 Å². The van der Waals surface area contributed by atoms with Gasteiger partial charge in [-0.2, -0.15) is 0 Å². The summed E-state index contributed by atoms with van der Waals surface area (Å²) in [6, 6.07) is 21.9. The summed E-state index contributed by atoms with van der Waals surface area (Å²) in [7, 11) is 0. The lowest BCUT2D eigenvalue weighted by Gasteiger charge is -2.24. The molecule has 3 aromatic heterocycles. The van der Waals surface area contributed by atoms with Crippen molar-refractivity contribution in [3.63, 3.8) is 0 Å². The van der Waals surface area contributed by atoms with Crippen LogP contribution in [0.1, 0.15) is 182 Å². The van der Waals surface area contributed by atoms with Crippen LogP contribution >= 0.6 is 0 Å². The van der Waals surface area contributed by atoms with E-state index in [1.54, 1.807) is 38.6 Å². The van der Waals surface area contributed by atoms with Gasteiger partial charge in [0.25, 0.3) is 0 Å². The van der Waals surface area contributed by atoms with E-state index in [0.29, 0.717) is 28.8 Å². The van der Waals surface area contributed by atoms with Crippen molar-refractivity contribution in [1.82, 2.24) is 19.9 Å². The molecule has 2 aliphatic heterocycles.